The van der Waals surface area contributed by atoms with Crippen LogP contribution in [0.3, 0.4) is 0 Å². The molecule has 1 atom stereocenters. The fraction of sp³-hybridized carbons (Fsp3) is 0.308. The predicted molar refractivity (Wildman–Crippen MR) is 66.5 cm³/mol. The molecule has 0 saturated carbocycles. The van der Waals surface area contributed by atoms with Crippen molar-refractivity contribution in [3.63, 3.8) is 0 Å². The van der Waals surface area contributed by atoms with Crippen molar-refractivity contribution in [3.05, 3.63) is 34.9 Å². The van der Waals surface area contributed by atoms with Gasteiger partial charge in [0, 0.05) is 24.3 Å². The number of likely N-dealkylation sites (N-methyl/N-ethyl adjacent to an activating group) is 1. The number of anilines is 1. The summed E-state index contributed by atoms with van der Waals surface area (Å²) in [5.41, 5.74) is 9.33. The van der Waals surface area contributed by atoms with E-state index in [0.717, 1.165) is 11.3 Å². The minimum Gasteiger partial charge on any atom is -0.368 e. The zero-order valence-corrected chi connectivity index (χ0v) is 9.82. The van der Waals surface area contributed by atoms with E-state index in [-0.39, 0.29) is 5.91 Å². The lowest BCUT2D eigenvalue weighted by atomic mass is 9.96. The van der Waals surface area contributed by atoms with Crippen molar-refractivity contribution < 1.29 is 4.79 Å². The van der Waals surface area contributed by atoms with Crippen LogP contribution in [0.15, 0.2) is 23.8 Å². The number of primary amides is 1. The van der Waals surface area contributed by atoms with Crippen LogP contribution < -0.4 is 10.6 Å². The van der Waals surface area contributed by atoms with E-state index >= 15 is 0 Å². The third kappa shape index (κ3) is 1.58. The number of benzene rings is 1. The molecule has 0 saturated heterocycles. The molecule has 1 aromatic rings. The molecule has 0 fully saturated rings. The predicted octanol–water partition coefficient (Wildman–Crippen LogP) is 2.03. The summed E-state index contributed by atoms with van der Waals surface area (Å²) >= 11 is 0. The van der Waals surface area contributed by atoms with Crippen LogP contribution in [0.4, 0.5) is 5.69 Å². The first kappa shape index (κ1) is 10.7. The van der Waals surface area contributed by atoms with Gasteiger partial charge in [0.2, 0.25) is 5.91 Å². The molecule has 3 heteroatoms. The monoisotopic (exact) mass is 216 g/mol. The summed E-state index contributed by atoms with van der Waals surface area (Å²) in [5.74, 6) is -0.380. The Labute approximate surface area is 95.6 Å². The van der Waals surface area contributed by atoms with Gasteiger partial charge in [-0.2, -0.15) is 0 Å². The smallest absolute Gasteiger partial charge is 0.248 e. The molecular weight excluding hydrogens is 200 g/mol. The van der Waals surface area contributed by atoms with Crippen molar-refractivity contribution in [2.75, 3.05) is 11.9 Å². The average Bonchev–Trinajstić information content (AvgIpc) is 2.25. The molecule has 1 aromatic carbocycles. The first-order valence-electron chi connectivity index (χ1n) is 5.35. The maximum Gasteiger partial charge on any atom is 0.248 e. The number of nitrogens with two attached hydrogens (primary N) is 1. The molecule has 1 aliphatic heterocycles. The van der Waals surface area contributed by atoms with Crippen molar-refractivity contribution in [1.82, 2.24) is 0 Å². The highest BCUT2D eigenvalue weighted by atomic mass is 16.1. The normalized spacial score (nSPS) is 19.1. The molecule has 2 N–H and O–H groups in total. The van der Waals surface area contributed by atoms with Gasteiger partial charge in [-0.05, 0) is 37.6 Å². The molecule has 1 heterocycles. The molecule has 1 unspecified atom stereocenters. The SMILES string of the molecule is CC1=Cc2cc(C(N)=O)ccc2N(C)C1C. The largest absolute Gasteiger partial charge is 0.368 e. The van der Waals surface area contributed by atoms with Gasteiger partial charge in [-0.25, -0.2) is 0 Å². The van der Waals surface area contributed by atoms with Gasteiger partial charge >= 0.3 is 0 Å². The fourth-order valence-corrected chi connectivity index (χ4v) is 2.02. The molecular formula is C13H16N2O. The van der Waals surface area contributed by atoms with Crippen molar-refractivity contribution >= 4 is 17.7 Å². The van der Waals surface area contributed by atoms with E-state index in [1.807, 2.05) is 12.1 Å². The second-order valence-corrected chi connectivity index (χ2v) is 4.31. The second-order valence-electron chi connectivity index (χ2n) is 4.31. The van der Waals surface area contributed by atoms with Crippen molar-refractivity contribution in [3.8, 4) is 0 Å². The fourth-order valence-electron chi connectivity index (χ4n) is 2.02. The lowest BCUT2D eigenvalue weighted by molar-refractivity contribution is 0.100. The summed E-state index contributed by atoms with van der Waals surface area (Å²) in [4.78, 5) is 13.3. The van der Waals surface area contributed by atoms with Crippen molar-refractivity contribution in [2.45, 2.75) is 19.9 Å². The van der Waals surface area contributed by atoms with Gasteiger partial charge in [-0.15, -0.1) is 0 Å². The van der Waals surface area contributed by atoms with Crippen LogP contribution in [0.1, 0.15) is 29.8 Å². The van der Waals surface area contributed by atoms with E-state index < -0.39 is 0 Å². The summed E-state index contributed by atoms with van der Waals surface area (Å²) in [7, 11) is 2.06. The highest BCUT2D eigenvalue weighted by molar-refractivity contribution is 5.94. The average molecular weight is 216 g/mol. The molecule has 16 heavy (non-hydrogen) atoms. The van der Waals surface area contributed by atoms with Crippen LogP contribution in [0.5, 0.6) is 0 Å². The number of amides is 1. The van der Waals surface area contributed by atoms with Crippen LogP contribution in [0.25, 0.3) is 6.08 Å². The number of fused-ring (bicyclic) bond motifs is 1. The number of hydrogen-bond donors (Lipinski definition) is 1. The molecule has 0 radical (unpaired) electrons. The van der Waals surface area contributed by atoms with Gasteiger partial charge in [0.1, 0.15) is 0 Å². The molecule has 0 aromatic heterocycles. The highest BCUT2D eigenvalue weighted by Gasteiger charge is 2.20. The van der Waals surface area contributed by atoms with E-state index in [4.69, 9.17) is 5.73 Å². The van der Waals surface area contributed by atoms with Gasteiger partial charge in [-0.3, -0.25) is 4.79 Å². The quantitative estimate of drug-likeness (QED) is 0.780. The molecule has 0 bridgehead atoms. The Morgan fingerprint density at radius 2 is 2.12 bits per heavy atom. The topological polar surface area (TPSA) is 46.3 Å². The third-order valence-electron chi connectivity index (χ3n) is 3.32. The third-order valence-corrected chi connectivity index (χ3v) is 3.32. The number of nitrogens with zero attached hydrogens (tertiary/aromatic N) is 1. The van der Waals surface area contributed by atoms with E-state index in [9.17, 15) is 4.79 Å². The van der Waals surface area contributed by atoms with Crippen LogP contribution in [-0.2, 0) is 0 Å². The molecule has 0 aliphatic carbocycles. The molecule has 3 nitrogen and oxygen atoms in total. The van der Waals surface area contributed by atoms with Crippen molar-refractivity contribution in [1.29, 1.82) is 0 Å². The summed E-state index contributed by atoms with van der Waals surface area (Å²) in [6, 6.07) is 5.98. The standard InChI is InChI=1S/C13H16N2O/c1-8-6-11-7-10(13(14)16)4-5-12(11)15(3)9(8)2/h4-7,9H,1-3H3,(H2,14,16). The van der Waals surface area contributed by atoms with Gasteiger partial charge < -0.3 is 10.6 Å². The minimum absolute atomic E-state index is 0.380. The van der Waals surface area contributed by atoms with Gasteiger partial charge in [0.15, 0.2) is 0 Å². The molecule has 1 aliphatic rings. The Hall–Kier alpha value is -1.77. The lowest BCUT2D eigenvalue weighted by Crippen LogP contribution is -2.32. The zero-order chi connectivity index (χ0) is 11.9. The number of carbonyl (C=O) groups excluding carboxylic acids is 1. The van der Waals surface area contributed by atoms with Crippen LogP contribution in [0.2, 0.25) is 0 Å². The van der Waals surface area contributed by atoms with Gasteiger partial charge in [0.25, 0.3) is 0 Å². The van der Waals surface area contributed by atoms with E-state index in [2.05, 4.69) is 31.9 Å². The maximum atomic E-state index is 11.1. The van der Waals surface area contributed by atoms with Gasteiger partial charge in [0.05, 0.1) is 0 Å². The number of rotatable bonds is 1. The molecule has 0 spiro atoms. The van der Waals surface area contributed by atoms with Gasteiger partial charge in [-0.1, -0.05) is 11.6 Å². The summed E-state index contributed by atoms with van der Waals surface area (Å²) < 4.78 is 0. The Bertz CT molecular complexity index is 477. The first-order valence-corrected chi connectivity index (χ1v) is 5.35. The zero-order valence-electron chi connectivity index (χ0n) is 9.82. The van der Waals surface area contributed by atoms with Crippen molar-refractivity contribution in [2.24, 2.45) is 5.73 Å². The lowest BCUT2D eigenvalue weighted by Gasteiger charge is -2.33. The van der Waals surface area contributed by atoms with Crippen LogP contribution in [0, 0.1) is 0 Å². The summed E-state index contributed by atoms with van der Waals surface area (Å²) in [6.45, 7) is 4.26. The number of carbonyl (C=O) groups is 1. The Morgan fingerprint density at radius 3 is 2.75 bits per heavy atom. The number of hydrogen-bond acceptors (Lipinski definition) is 2. The molecule has 84 valence electrons. The summed E-state index contributed by atoms with van der Waals surface area (Å²) in [6.07, 6.45) is 2.12. The Kier molecular flexibility index (Phi) is 2.46. The van der Waals surface area contributed by atoms with E-state index in [0.29, 0.717) is 11.6 Å². The molecule has 1 amide bonds. The second kappa shape index (κ2) is 3.67. The molecule has 2 rings (SSSR count). The van der Waals surface area contributed by atoms with E-state index in [1.165, 1.54) is 5.57 Å². The van der Waals surface area contributed by atoms with Crippen LogP contribution in [-0.4, -0.2) is 19.0 Å². The van der Waals surface area contributed by atoms with Crippen LogP contribution >= 0.6 is 0 Å². The first-order chi connectivity index (χ1) is 7.50. The Balaban J connectivity index is 2.55. The summed E-state index contributed by atoms with van der Waals surface area (Å²) in [5, 5.41) is 0. The van der Waals surface area contributed by atoms with E-state index in [1.54, 1.807) is 6.07 Å². The maximum absolute atomic E-state index is 11.1. The Morgan fingerprint density at radius 1 is 1.44 bits per heavy atom. The minimum atomic E-state index is -0.380. The highest BCUT2D eigenvalue weighted by Crippen LogP contribution is 2.31.